The average molecular weight is 256 g/mol. The van der Waals surface area contributed by atoms with Gasteiger partial charge < -0.3 is 28.1 Å². The minimum absolute atomic E-state index is 0.0277. The van der Waals surface area contributed by atoms with E-state index >= 15 is 0 Å². The molecule has 16 heavy (non-hydrogen) atoms. The molecule has 2 aromatic rings. The van der Waals surface area contributed by atoms with Gasteiger partial charge in [-0.25, -0.2) is 0 Å². The van der Waals surface area contributed by atoms with Crippen LogP contribution in [0.25, 0.3) is 11.4 Å². The first-order valence-corrected chi connectivity index (χ1v) is 6.17. The molecule has 2 aliphatic heterocycles. The topological polar surface area (TPSA) is 68.5 Å². The van der Waals surface area contributed by atoms with Crippen molar-refractivity contribution in [2.24, 2.45) is 0 Å². The predicted octanol–water partition coefficient (Wildman–Crippen LogP) is 2.57. The van der Waals surface area contributed by atoms with Gasteiger partial charge in [-0.3, -0.25) is 0 Å². The van der Waals surface area contributed by atoms with Gasteiger partial charge in [0.05, 0.1) is 0 Å². The maximum absolute atomic E-state index is 5.41. The quantitative estimate of drug-likeness (QED) is 0.769. The van der Waals surface area contributed by atoms with Crippen molar-refractivity contribution in [3.63, 3.8) is 0 Å². The zero-order valence-corrected chi connectivity index (χ0v) is 9.79. The van der Waals surface area contributed by atoms with Crippen LogP contribution in [0.15, 0.2) is 12.4 Å². The molecule has 2 aliphatic rings. The Labute approximate surface area is 93.5 Å². The van der Waals surface area contributed by atoms with Gasteiger partial charge in [0.15, 0.2) is 23.0 Å². The molecule has 4 rings (SSSR count). The minimum atomic E-state index is 0.0277. The van der Waals surface area contributed by atoms with Gasteiger partial charge in [-0.05, 0) is 0 Å². The predicted molar refractivity (Wildman–Crippen MR) is 59.7 cm³/mol. The van der Waals surface area contributed by atoms with Gasteiger partial charge in [-0.1, -0.05) is 0 Å². The highest BCUT2D eigenvalue weighted by molar-refractivity contribution is 7.28. The molecule has 6 nitrogen and oxygen atoms in total. The van der Waals surface area contributed by atoms with Gasteiger partial charge in [-0.2, -0.15) is 0 Å². The first kappa shape index (κ1) is 8.74. The molecule has 8 heteroatoms. The summed E-state index contributed by atoms with van der Waals surface area (Å²) >= 11 is 0. The second-order valence-corrected chi connectivity index (χ2v) is 4.44. The smallest absolute Gasteiger partial charge is 0.275 e. The standard InChI is InChI=1S/C8H6N2O4P2/c1-3-7(13-15-11-3)5(9-1)6-8-4(2-10-6)12-16-14-8/h1-2,9-10,15-16H. The van der Waals surface area contributed by atoms with Gasteiger partial charge >= 0.3 is 0 Å². The molecule has 4 heterocycles. The summed E-state index contributed by atoms with van der Waals surface area (Å²) in [5, 5.41) is 0. The van der Waals surface area contributed by atoms with Crippen molar-refractivity contribution in [3.8, 4) is 34.4 Å². The fraction of sp³-hybridized carbons (Fsp3) is 0. The SMILES string of the molecule is c1[nH]c(-c2[nH]cc3c2OPO3)c2c1OPO2. The molecule has 0 saturated heterocycles. The third kappa shape index (κ3) is 1.03. The van der Waals surface area contributed by atoms with E-state index in [1.54, 1.807) is 12.4 Å². The van der Waals surface area contributed by atoms with E-state index in [1.165, 1.54) is 0 Å². The van der Waals surface area contributed by atoms with E-state index in [4.69, 9.17) is 18.1 Å². The molecule has 0 amide bonds. The Hall–Kier alpha value is -1.38. The highest BCUT2D eigenvalue weighted by Gasteiger charge is 2.28. The van der Waals surface area contributed by atoms with Crippen molar-refractivity contribution >= 4 is 18.1 Å². The number of fused-ring (bicyclic) bond motifs is 2. The van der Waals surface area contributed by atoms with Crippen LogP contribution in [0.4, 0.5) is 0 Å². The van der Waals surface area contributed by atoms with Crippen LogP contribution in [0.3, 0.4) is 0 Å². The number of aromatic amines is 2. The maximum atomic E-state index is 5.41. The molecule has 82 valence electrons. The third-order valence-electron chi connectivity index (χ3n) is 2.44. The summed E-state index contributed by atoms with van der Waals surface area (Å²) in [5.74, 6) is 2.92. The van der Waals surface area contributed by atoms with Crippen LogP contribution in [0.1, 0.15) is 0 Å². The van der Waals surface area contributed by atoms with Crippen LogP contribution >= 0.6 is 18.1 Å². The monoisotopic (exact) mass is 256 g/mol. The Bertz CT molecular complexity index is 514. The lowest BCUT2D eigenvalue weighted by atomic mass is 10.3. The van der Waals surface area contributed by atoms with E-state index in [9.17, 15) is 0 Å². The van der Waals surface area contributed by atoms with Crippen molar-refractivity contribution in [1.29, 1.82) is 0 Å². The van der Waals surface area contributed by atoms with Crippen molar-refractivity contribution in [2.45, 2.75) is 0 Å². The molecular formula is C8H6N2O4P2. The zero-order chi connectivity index (χ0) is 10.5. The number of nitrogens with one attached hydrogen (secondary N) is 2. The molecule has 0 radical (unpaired) electrons. The van der Waals surface area contributed by atoms with Gasteiger partial charge in [0.2, 0.25) is 0 Å². The van der Waals surface area contributed by atoms with Crippen molar-refractivity contribution < 1.29 is 18.1 Å². The number of aromatic nitrogens is 2. The Morgan fingerprint density at radius 3 is 1.75 bits per heavy atom. The van der Waals surface area contributed by atoms with Gasteiger partial charge in [0, 0.05) is 12.4 Å². The lowest BCUT2D eigenvalue weighted by molar-refractivity contribution is 0.594. The molecule has 0 saturated carbocycles. The van der Waals surface area contributed by atoms with E-state index in [0.29, 0.717) is 0 Å². The lowest BCUT2D eigenvalue weighted by Crippen LogP contribution is -1.83. The lowest BCUT2D eigenvalue weighted by Gasteiger charge is -1.99. The Morgan fingerprint density at radius 2 is 1.25 bits per heavy atom. The highest BCUT2D eigenvalue weighted by atomic mass is 31.1. The second-order valence-electron chi connectivity index (χ2n) is 3.29. The minimum Gasteiger partial charge on any atom is -0.435 e. The molecule has 0 aromatic carbocycles. The number of H-pyrrole nitrogens is 2. The summed E-state index contributed by atoms with van der Waals surface area (Å²) < 4.78 is 21.4. The van der Waals surface area contributed by atoms with Crippen LogP contribution < -0.4 is 18.1 Å². The van der Waals surface area contributed by atoms with Crippen LogP contribution in [0.5, 0.6) is 23.0 Å². The van der Waals surface area contributed by atoms with E-state index in [1.807, 2.05) is 0 Å². The van der Waals surface area contributed by atoms with Crippen LogP contribution in [0, 0.1) is 0 Å². The molecule has 2 atom stereocenters. The molecule has 2 N–H and O–H groups in total. The van der Waals surface area contributed by atoms with Gasteiger partial charge in [-0.15, -0.1) is 0 Å². The Kier molecular flexibility index (Phi) is 1.67. The van der Waals surface area contributed by atoms with E-state index in [2.05, 4.69) is 9.97 Å². The van der Waals surface area contributed by atoms with Gasteiger partial charge in [0.1, 0.15) is 11.4 Å². The summed E-state index contributed by atoms with van der Waals surface area (Å²) in [6, 6.07) is 0. The molecule has 0 fully saturated rings. The molecule has 2 unspecified atom stereocenters. The average Bonchev–Trinajstić information content (AvgIpc) is 2.97. The van der Waals surface area contributed by atoms with E-state index in [0.717, 1.165) is 34.4 Å². The van der Waals surface area contributed by atoms with Crippen LogP contribution in [-0.2, 0) is 0 Å². The maximum Gasteiger partial charge on any atom is 0.275 e. The largest absolute Gasteiger partial charge is 0.435 e. The molecule has 2 aromatic heterocycles. The molecule has 0 bridgehead atoms. The third-order valence-corrected chi connectivity index (χ3v) is 3.62. The fourth-order valence-corrected chi connectivity index (χ4v) is 2.86. The summed E-state index contributed by atoms with van der Waals surface area (Å²) in [6.07, 6.45) is 3.55. The number of hydrogen-bond donors (Lipinski definition) is 2. The fourth-order valence-electron chi connectivity index (χ4n) is 1.72. The first-order chi connectivity index (χ1) is 7.93. The zero-order valence-electron chi connectivity index (χ0n) is 7.79. The number of hydrogen-bond acceptors (Lipinski definition) is 4. The Balaban J connectivity index is 1.90. The normalized spacial score (nSPS) is 18.8. The van der Waals surface area contributed by atoms with Crippen molar-refractivity contribution in [1.82, 2.24) is 9.97 Å². The summed E-state index contributed by atoms with van der Waals surface area (Å²) in [5.41, 5.74) is 1.66. The number of rotatable bonds is 1. The molecule has 0 spiro atoms. The second kappa shape index (κ2) is 3.06. The molecule has 0 aliphatic carbocycles. The van der Waals surface area contributed by atoms with Crippen molar-refractivity contribution in [2.75, 3.05) is 0 Å². The summed E-state index contributed by atoms with van der Waals surface area (Å²) in [7, 11) is 0.0554. The van der Waals surface area contributed by atoms with Crippen LogP contribution in [-0.4, -0.2) is 9.97 Å². The van der Waals surface area contributed by atoms with Gasteiger partial charge in [0.25, 0.3) is 18.1 Å². The van der Waals surface area contributed by atoms with E-state index in [-0.39, 0.29) is 18.1 Å². The van der Waals surface area contributed by atoms with Crippen molar-refractivity contribution in [3.05, 3.63) is 12.4 Å². The molecular weight excluding hydrogens is 250 g/mol. The summed E-state index contributed by atoms with van der Waals surface area (Å²) in [6.45, 7) is 0. The Morgan fingerprint density at radius 1 is 0.750 bits per heavy atom. The summed E-state index contributed by atoms with van der Waals surface area (Å²) in [4.78, 5) is 6.20. The highest BCUT2D eigenvalue weighted by Crippen LogP contribution is 2.53. The first-order valence-electron chi connectivity index (χ1n) is 4.54. The van der Waals surface area contributed by atoms with Crippen LogP contribution in [0.2, 0.25) is 0 Å². The van der Waals surface area contributed by atoms with E-state index < -0.39 is 0 Å².